The van der Waals surface area contributed by atoms with Crippen LogP contribution in [0.15, 0.2) is 48.5 Å². The summed E-state index contributed by atoms with van der Waals surface area (Å²) in [7, 11) is 0. The van der Waals surface area contributed by atoms with E-state index >= 15 is 0 Å². The first kappa shape index (κ1) is 18.2. The highest BCUT2D eigenvalue weighted by molar-refractivity contribution is 6.30. The summed E-state index contributed by atoms with van der Waals surface area (Å²) >= 11 is 5.69. The van der Waals surface area contributed by atoms with Crippen LogP contribution in [0, 0.1) is 10.1 Å². The van der Waals surface area contributed by atoms with Gasteiger partial charge in [-0.05, 0) is 17.7 Å². The van der Waals surface area contributed by atoms with Gasteiger partial charge in [0.2, 0.25) is 0 Å². The molecule has 2 aromatic rings. The standard InChI is InChI=1S/C16H13ClN2O6/c17-11-6-7-13(12(8-11)19(23)24)25-9-14(20)18-15(16(21)22)10-4-2-1-3-5-10/h1-8,15H,9H2,(H,18,20)(H,21,22). The van der Waals surface area contributed by atoms with Crippen LogP contribution in [0.3, 0.4) is 0 Å². The van der Waals surface area contributed by atoms with E-state index in [1.807, 2.05) is 0 Å². The number of nitro benzene ring substituents is 1. The summed E-state index contributed by atoms with van der Waals surface area (Å²) in [6, 6.07) is 10.6. The molecule has 25 heavy (non-hydrogen) atoms. The van der Waals surface area contributed by atoms with Gasteiger partial charge in [0.15, 0.2) is 18.4 Å². The quantitative estimate of drug-likeness (QED) is 0.575. The molecule has 0 bridgehead atoms. The van der Waals surface area contributed by atoms with E-state index in [1.54, 1.807) is 30.3 Å². The minimum atomic E-state index is -1.25. The van der Waals surface area contributed by atoms with Crippen molar-refractivity contribution in [2.45, 2.75) is 6.04 Å². The van der Waals surface area contributed by atoms with Crippen molar-refractivity contribution >= 4 is 29.2 Å². The molecule has 1 unspecified atom stereocenters. The van der Waals surface area contributed by atoms with E-state index in [1.165, 1.54) is 12.1 Å². The summed E-state index contributed by atoms with van der Waals surface area (Å²) in [5.41, 5.74) is -0.000956. The van der Waals surface area contributed by atoms with Crippen molar-refractivity contribution in [3.8, 4) is 5.75 Å². The van der Waals surface area contributed by atoms with Crippen LogP contribution in [-0.4, -0.2) is 28.5 Å². The molecule has 1 atom stereocenters. The van der Waals surface area contributed by atoms with Crippen LogP contribution in [0.1, 0.15) is 11.6 Å². The number of amides is 1. The SMILES string of the molecule is O=C(COc1ccc(Cl)cc1[N+](=O)[O-])NC(C(=O)O)c1ccccc1. The lowest BCUT2D eigenvalue weighted by atomic mass is 10.1. The average Bonchev–Trinajstić information content (AvgIpc) is 2.59. The van der Waals surface area contributed by atoms with Gasteiger partial charge < -0.3 is 15.2 Å². The summed E-state index contributed by atoms with van der Waals surface area (Å²) in [6.07, 6.45) is 0. The molecule has 0 aromatic heterocycles. The molecule has 0 fully saturated rings. The van der Waals surface area contributed by atoms with Crippen LogP contribution in [-0.2, 0) is 9.59 Å². The zero-order valence-corrected chi connectivity index (χ0v) is 13.5. The smallest absolute Gasteiger partial charge is 0.330 e. The number of hydrogen-bond donors (Lipinski definition) is 2. The van der Waals surface area contributed by atoms with Crippen LogP contribution in [0.2, 0.25) is 5.02 Å². The van der Waals surface area contributed by atoms with Crippen molar-refractivity contribution in [3.05, 3.63) is 69.2 Å². The number of carboxylic acid groups (broad SMARTS) is 1. The Morgan fingerprint density at radius 3 is 2.52 bits per heavy atom. The van der Waals surface area contributed by atoms with Crippen LogP contribution < -0.4 is 10.1 Å². The Kier molecular flexibility index (Phi) is 5.91. The number of ether oxygens (including phenoxy) is 1. The topological polar surface area (TPSA) is 119 Å². The van der Waals surface area contributed by atoms with Crippen molar-refractivity contribution in [1.82, 2.24) is 5.32 Å². The van der Waals surface area contributed by atoms with Crippen molar-refractivity contribution in [2.75, 3.05) is 6.61 Å². The molecule has 0 aliphatic heterocycles. The molecule has 2 rings (SSSR count). The molecule has 1 amide bonds. The predicted octanol–water partition coefficient (Wildman–Crippen LogP) is 2.57. The zero-order valence-electron chi connectivity index (χ0n) is 12.7. The second-order valence-corrected chi connectivity index (χ2v) is 5.34. The summed E-state index contributed by atoms with van der Waals surface area (Å²) in [4.78, 5) is 33.6. The monoisotopic (exact) mass is 364 g/mol. The molecule has 9 heteroatoms. The third-order valence-electron chi connectivity index (χ3n) is 3.16. The largest absolute Gasteiger partial charge is 0.479 e. The summed E-state index contributed by atoms with van der Waals surface area (Å²) in [5.74, 6) is -2.12. The highest BCUT2D eigenvalue weighted by atomic mass is 35.5. The van der Waals surface area contributed by atoms with Gasteiger partial charge in [-0.25, -0.2) is 4.79 Å². The number of halogens is 1. The van der Waals surface area contributed by atoms with Gasteiger partial charge in [0.05, 0.1) is 4.92 Å². The van der Waals surface area contributed by atoms with Gasteiger partial charge in [0, 0.05) is 11.1 Å². The number of nitrogens with one attached hydrogen (secondary N) is 1. The Balaban J connectivity index is 2.05. The van der Waals surface area contributed by atoms with Crippen molar-refractivity contribution in [2.24, 2.45) is 0 Å². The molecule has 0 radical (unpaired) electrons. The molecule has 0 spiro atoms. The highest BCUT2D eigenvalue weighted by Gasteiger charge is 2.23. The molecule has 0 aliphatic rings. The van der Waals surface area contributed by atoms with E-state index in [0.29, 0.717) is 5.56 Å². The lowest BCUT2D eigenvalue weighted by Crippen LogP contribution is -2.36. The lowest BCUT2D eigenvalue weighted by molar-refractivity contribution is -0.385. The van der Waals surface area contributed by atoms with E-state index in [4.69, 9.17) is 16.3 Å². The second kappa shape index (κ2) is 8.11. The van der Waals surface area contributed by atoms with E-state index in [9.17, 15) is 24.8 Å². The van der Waals surface area contributed by atoms with Crippen LogP contribution in [0.4, 0.5) is 5.69 Å². The molecular weight excluding hydrogens is 352 g/mol. The van der Waals surface area contributed by atoms with Gasteiger partial charge in [-0.2, -0.15) is 0 Å². The van der Waals surface area contributed by atoms with Gasteiger partial charge in [0.25, 0.3) is 5.91 Å². The van der Waals surface area contributed by atoms with Gasteiger partial charge in [-0.15, -0.1) is 0 Å². The van der Waals surface area contributed by atoms with E-state index in [0.717, 1.165) is 6.07 Å². The Bertz CT molecular complexity index is 796. The van der Waals surface area contributed by atoms with Crippen LogP contribution in [0.25, 0.3) is 0 Å². The molecule has 130 valence electrons. The summed E-state index contributed by atoms with van der Waals surface area (Å²) in [6.45, 7) is -0.584. The minimum Gasteiger partial charge on any atom is -0.479 e. The maximum absolute atomic E-state index is 12.0. The highest BCUT2D eigenvalue weighted by Crippen LogP contribution is 2.29. The number of rotatable bonds is 7. The average molecular weight is 365 g/mol. The van der Waals surface area contributed by atoms with E-state index < -0.39 is 35.1 Å². The van der Waals surface area contributed by atoms with Gasteiger partial charge in [0.1, 0.15) is 0 Å². The normalized spacial score (nSPS) is 11.4. The van der Waals surface area contributed by atoms with Crippen molar-refractivity contribution in [3.63, 3.8) is 0 Å². The fourth-order valence-corrected chi connectivity index (χ4v) is 2.20. The Labute approximate surface area is 147 Å². The molecule has 2 N–H and O–H groups in total. The number of aliphatic carboxylic acids is 1. The first-order valence-electron chi connectivity index (χ1n) is 7.02. The molecule has 0 saturated heterocycles. The Morgan fingerprint density at radius 2 is 1.92 bits per heavy atom. The van der Waals surface area contributed by atoms with Crippen molar-refractivity contribution in [1.29, 1.82) is 0 Å². The fourth-order valence-electron chi connectivity index (χ4n) is 2.03. The fraction of sp³-hybridized carbons (Fsp3) is 0.125. The van der Waals surface area contributed by atoms with Gasteiger partial charge >= 0.3 is 11.7 Å². The van der Waals surface area contributed by atoms with Crippen molar-refractivity contribution < 1.29 is 24.4 Å². The molecule has 0 heterocycles. The number of nitrogens with zero attached hydrogens (tertiary/aromatic N) is 1. The first-order chi connectivity index (χ1) is 11.9. The van der Waals surface area contributed by atoms with Gasteiger partial charge in [-0.1, -0.05) is 41.9 Å². The molecule has 2 aromatic carbocycles. The molecule has 0 saturated carbocycles. The minimum absolute atomic E-state index is 0.142. The summed E-state index contributed by atoms with van der Waals surface area (Å²) in [5, 5.41) is 22.7. The second-order valence-electron chi connectivity index (χ2n) is 4.91. The van der Waals surface area contributed by atoms with Crippen LogP contribution in [0.5, 0.6) is 5.75 Å². The number of nitro groups is 1. The molecular formula is C16H13ClN2O6. The number of carbonyl (C=O) groups is 2. The summed E-state index contributed by atoms with van der Waals surface area (Å²) < 4.78 is 5.13. The zero-order chi connectivity index (χ0) is 18.4. The lowest BCUT2D eigenvalue weighted by Gasteiger charge is -2.15. The number of hydrogen-bond acceptors (Lipinski definition) is 5. The third-order valence-corrected chi connectivity index (χ3v) is 3.40. The maximum atomic E-state index is 12.0. The Hall–Kier alpha value is -3.13. The van der Waals surface area contributed by atoms with E-state index in [2.05, 4.69) is 5.32 Å². The predicted molar refractivity (Wildman–Crippen MR) is 88.6 cm³/mol. The number of carbonyl (C=O) groups excluding carboxylic acids is 1. The van der Waals surface area contributed by atoms with Gasteiger partial charge in [-0.3, -0.25) is 14.9 Å². The first-order valence-corrected chi connectivity index (χ1v) is 7.40. The molecule has 0 aliphatic carbocycles. The number of benzene rings is 2. The van der Waals surface area contributed by atoms with E-state index in [-0.39, 0.29) is 10.8 Å². The maximum Gasteiger partial charge on any atom is 0.330 e. The van der Waals surface area contributed by atoms with Crippen LogP contribution >= 0.6 is 11.6 Å². The Morgan fingerprint density at radius 1 is 1.24 bits per heavy atom. The number of carboxylic acids is 1. The molecule has 8 nitrogen and oxygen atoms in total. The third kappa shape index (κ3) is 4.92.